The van der Waals surface area contributed by atoms with E-state index in [2.05, 4.69) is 12.2 Å². The van der Waals surface area contributed by atoms with E-state index in [4.69, 9.17) is 0 Å². The van der Waals surface area contributed by atoms with Gasteiger partial charge < -0.3 is 10.2 Å². The second kappa shape index (κ2) is 6.11. The highest BCUT2D eigenvalue weighted by molar-refractivity contribution is 5.95. The van der Waals surface area contributed by atoms with Crippen LogP contribution in [0.3, 0.4) is 0 Å². The van der Waals surface area contributed by atoms with Gasteiger partial charge in [-0.1, -0.05) is 31.9 Å². The van der Waals surface area contributed by atoms with Crippen LogP contribution in [0.1, 0.15) is 51.0 Å². The Morgan fingerprint density at radius 1 is 1.18 bits per heavy atom. The maximum Gasteiger partial charge on any atom is 0.227 e. The van der Waals surface area contributed by atoms with Crippen LogP contribution in [0.2, 0.25) is 0 Å². The summed E-state index contributed by atoms with van der Waals surface area (Å²) in [5, 5.41) is 3.06. The fourth-order valence-electron chi connectivity index (χ4n) is 3.49. The standard InChI is InChI=1S/C18H24N2O2/c1-18(10-2-3-11-18)17(22)19-13-14-6-8-15(9-7-14)20-12-4-5-16(20)21/h6-9H,2-5,10-13H2,1H3,(H,19,22). The highest BCUT2D eigenvalue weighted by Gasteiger charge is 2.35. The molecule has 1 aliphatic carbocycles. The molecule has 0 unspecified atom stereocenters. The third-order valence-electron chi connectivity index (χ3n) is 5.03. The average molecular weight is 300 g/mol. The Kier molecular flexibility index (Phi) is 4.19. The van der Waals surface area contributed by atoms with Gasteiger partial charge in [-0.3, -0.25) is 9.59 Å². The van der Waals surface area contributed by atoms with Crippen molar-refractivity contribution >= 4 is 17.5 Å². The van der Waals surface area contributed by atoms with Crippen LogP contribution >= 0.6 is 0 Å². The van der Waals surface area contributed by atoms with Crippen LogP contribution in [0.25, 0.3) is 0 Å². The van der Waals surface area contributed by atoms with E-state index in [1.54, 1.807) is 0 Å². The summed E-state index contributed by atoms with van der Waals surface area (Å²) in [5.74, 6) is 0.374. The summed E-state index contributed by atoms with van der Waals surface area (Å²) in [6.45, 7) is 3.44. The number of hydrogen-bond acceptors (Lipinski definition) is 2. The molecule has 3 rings (SSSR count). The number of amides is 2. The van der Waals surface area contributed by atoms with Crippen molar-refractivity contribution in [2.45, 2.75) is 52.0 Å². The Hall–Kier alpha value is -1.84. The van der Waals surface area contributed by atoms with Gasteiger partial charge >= 0.3 is 0 Å². The van der Waals surface area contributed by atoms with Crippen molar-refractivity contribution in [1.82, 2.24) is 5.32 Å². The summed E-state index contributed by atoms with van der Waals surface area (Å²) >= 11 is 0. The fourth-order valence-corrected chi connectivity index (χ4v) is 3.49. The summed E-state index contributed by atoms with van der Waals surface area (Å²) in [5.41, 5.74) is 1.85. The zero-order valence-electron chi connectivity index (χ0n) is 13.2. The monoisotopic (exact) mass is 300 g/mol. The lowest BCUT2D eigenvalue weighted by atomic mass is 9.88. The normalized spacial score (nSPS) is 20.4. The van der Waals surface area contributed by atoms with Gasteiger partial charge in [-0.2, -0.15) is 0 Å². The second-order valence-corrected chi connectivity index (χ2v) is 6.77. The molecule has 0 bridgehead atoms. The summed E-state index contributed by atoms with van der Waals surface area (Å²) in [6.07, 6.45) is 5.89. The molecule has 2 fully saturated rings. The number of anilines is 1. The highest BCUT2D eigenvalue weighted by atomic mass is 16.2. The largest absolute Gasteiger partial charge is 0.352 e. The van der Waals surface area contributed by atoms with Crippen molar-refractivity contribution in [2.24, 2.45) is 5.41 Å². The molecule has 1 aliphatic heterocycles. The van der Waals surface area contributed by atoms with E-state index in [9.17, 15) is 9.59 Å². The first-order valence-electron chi connectivity index (χ1n) is 8.26. The molecule has 1 N–H and O–H groups in total. The van der Waals surface area contributed by atoms with Gasteiger partial charge in [-0.25, -0.2) is 0 Å². The van der Waals surface area contributed by atoms with Crippen LogP contribution in [0, 0.1) is 5.41 Å². The van der Waals surface area contributed by atoms with Gasteiger partial charge in [0.25, 0.3) is 0 Å². The van der Waals surface area contributed by atoms with Crippen molar-refractivity contribution in [3.8, 4) is 0 Å². The lowest BCUT2D eigenvalue weighted by Gasteiger charge is -2.22. The average Bonchev–Trinajstić information content (AvgIpc) is 3.15. The van der Waals surface area contributed by atoms with Gasteiger partial charge in [0.2, 0.25) is 11.8 Å². The first kappa shape index (κ1) is 15.1. The molecule has 4 nitrogen and oxygen atoms in total. The highest BCUT2D eigenvalue weighted by Crippen LogP contribution is 2.37. The van der Waals surface area contributed by atoms with Crippen molar-refractivity contribution in [3.63, 3.8) is 0 Å². The SMILES string of the molecule is CC1(C(=O)NCc2ccc(N3CCCC3=O)cc2)CCCC1. The number of nitrogens with one attached hydrogen (secondary N) is 1. The maximum atomic E-state index is 12.3. The molecule has 1 saturated carbocycles. The van der Waals surface area contributed by atoms with Crippen LogP contribution < -0.4 is 10.2 Å². The molecule has 0 aromatic heterocycles. The summed E-state index contributed by atoms with van der Waals surface area (Å²) in [6, 6.07) is 7.94. The summed E-state index contributed by atoms with van der Waals surface area (Å²) in [4.78, 5) is 25.9. The molecule has 0 atom stereocenters. The molecule has 2 amide bonds. The first-order chi connectivity index (χ1) is 10.6. The Morgan fingerprint density at radius 2 is 1.86 bits per heavy atom. The number of benzene rings is 1. The molecule has 2 aliphatic rings. The van der Waals surface area contributed by atoms with Gasteiger partial charge in [0.1, 0.15) is 0 Å². The maximum absolute atomic E-state index is 12.3. The predicted molar refractivity (Wildman–Crippen MR) is 86.5 cm³/mol. The smallest absolute Gasteiger partial charge is 0.227 e. The van der Waals surface area contributed by atoms with E-state index in [1.807, 2.05) is 29.2 Å². The molecule has 22 heavy (non-hydrogen) atoms. The number of carbonyl (C=O) groups excluding carboxylic acids is 2. The third-order valence-corrected chi connectivity index (χ3v) is 5.03. The van der Waals surface area contributed by atoms with Crippen molar-refractivity contribution < 1.29 is 9.59 Å². The molecule has 0 spiro atoms. The van der Waals surface area contributed by atoms with Crippen LogP contribution in [-0.4, -0.2) is 18.4 Å². The lowest BCUT2D eigenvalue weighted by molar-refractivity contribution is -0.130. The molecule has 1 saturated heterocycles. The van der Waals surface area contributed by atoms with Crippen molar-refractivity contribution in [3.05, 3.63) is 29.8 Å². The van der Waals surface area contributed by atoms with Crippen molar-refractivity contribution in [2.75, 3.05) is 11.4 Å². The number of carbonyl (C=O) groups is 2. The third kappa shape index (κ3) is 3.01. The summed E-state index contributed by atoms with van der Waals surface area (Å²) < 4.78 is 0. The van der Waals surface area contributed by atoms with E-state index in [1.165, 1.54) is 0 Å². The molecule has 118 valence electrons. The number of nitrogens with zero attached hydrogens (tertiary/aromatic N) is 1. The molecule has 4 heteroatoms. The Balaban J connectivity index is 1.57. The Morgan fingerprint density at radius 3 is 2.45 bits per heavy atom. The summed E-state index contributed by atoms with van der Waals surface area (Å²) in [7, 11) is 0. The zero-order valence-corrected chi connectivity index (χ0v) is 13.2. The molecule has 1 aromatic rings. The molecule has 1 heterocycles. The van der Waals surface area contributed by atoms with E-state index in [0.29, 0.717) is 13.0 Å². The lowest BCUT2D eigenvalue weighted by Crippen LogP contribution is -2.36. The topological polar surface area (TPSA) is 49.4 Å². The van der Waals surface area contributed by atoms with E-state index in [0.717, 1.165) is 49.9 Å². The minimum atomic E-state index is -0.179. The van der Waals surface area contributed by atoms with Crippen LogP contribution in [0.4, 0.5) is 5.69 Å². The van der Waals surface area contributed by atoms with E-state index < -0.39 is 0 Å². The van der Waals surface area contributed by atoms with Crippen LogP contribution in [-0.2, 0) is 16.1 Å². The van der Waals surface area contributed by atoms with Gasteiger partial charge in [0, 0.05) is 30.6 Å². The first-order valence-corrected chi connectivity index (χ1v) is 8.26. The number of rotatable bonds is 4. The minimum absolute atomic E-state index is 0.170. The minimum Gasteiger partial charge on any atom is -0.352 e. The zero-order chi connectivity index (χ0) is 15.6. The van der Waals surface area contributed by atoms with E-state index >= 15 is 0 Å². The molecule has 1 aromatic carbocycles. The van der Waals surface area contributed by atoms with Crippen LogP contribution in [0.5, 0.6) is 0 Å². The fraction of sp³-hybridized carbons (Fsp3) is 0.556. The Labute approximate surface area is 131 Å². The second-order valence-electron chi connectivity index (χ2n) is 6.77. The van der Waals surface area contributed by atoms with Gasteiger partial charge in [-0.05, 0) is 37.0 Å². The van der Waals surface area contributed by atoms with E-state index in [-0.39, 0.29) is 17.2 Å². The molecular weight excluding hydrogens is 276 g/mol. The van der Waals surface area contributed by atoms with Crippen molar-refractivity contribution in [1.29, 1.82) is 0 Å². The molecule has 0 radical (unpaired) electrons. The quantitative estimate of drug-likeness (QED) is 0.929. The van der Waals surface area contributed by atoms with Gasteiger partial charge in [-0.15, -0.1) is 0 Å². The predicted octanol–water partition coefficient (Wildman–Crippen LogP) is 3.01. The van der Waals surface area contributed by atoms with Gasteiger partial charge in [0.05, 0.1) is 0 Å². The van der Waals surface area contributed by atoms with Gasteiger partial charge in [0.15, 0.2) is 0 Å². The molecular formula is C18H24N2O2. The van der Waals surface area contributed by atoms with Crippen LogP contribution in [0.15, 0.2) is 24.3 Å². The number of hydrogen-bond donors (Lipinski definition) is 1. The Bertz CT molecular complexity index is 559.